The lowest BCUT2D eigenvalue weighted by Gasteiger charge is -2.38. The Morgan fingerprint density at radius 1 is 1.19 bits per heavy atom. The molecule has 2 aromatic rings. The number of aromatic nitrogens is 2. The van der Waals surface area contributed by atoms with E-state index < -0.39 is 0 Å². The fourth-order valence-corrected chi connectivity index (χ4v) is 4.91. The van der Waals surface area contributed by atoms with Crippen molar-refractivity contribution in [3.63, 3.8) is 0 Å². The smallest absolute Gasteiger partial charge is 0.241 e. The third-order valence-electron chi connectivity index (χ3n) is 6.47. The average Bonchev–Trinajstić information content (AvgIpc) is 3.38. The van der Waals surface area contributed by atoms with Crippen molar-refractivity contribution < 1.29 is 4.79 Å². The number of hydrogen-bond donors (Lipinski definition) is 2. The van der Waals surface area contributed by atoms with E-state index in [4.69, 9.17) is 4.98 Å². The monoisotopic (exact) mass is 368 g/mol. The normalized spacial score (nSPS) is 21.2. The maximum atomic E-state index is 13.5. The van der Waals surface area contributed by atoms with E-state index in [2.05, 4.69) is 48.1 Å². The van der Waals surface area contributed by atoms with Gasteiger partial charge in [0, 0.05) is 0 Å². The SMILES string of the molecule is Cc1ccc2nc(C(NC(=O)C3(N4CCCC4)CCCC3)C(C)C)[nH]c2c1. The Morgan fingerprint density at radius 3 is 2.56 bits per heavy atom. The molecule has 4 rings (SSSR count). The molecular formula is C22H32N4O. The van der Waals surface area contributed by atoms with E-state index in [9.17, 15) is 4.79 Å². The Bertz CT molecular complexity index is 813. The van der Waals surface area contributed by atoms with Crippen molar-refractivity contribution in [1.82, 2.24) is 20.2 Å². The number of carbonyl (C=O) groups excluding carboxylic acids is 1. The van der Waals surface area contributed by atoms with Crippen molar-refractivity contribution >= 4 is 16.9 Å². The number of benzene rings is 1. The predicted octanol–water partition coefficient (Wildman–Crippen LogP) is 4.09. The van der Waals surface area contributed by atoms with Crippen molar-refractivity contribution in [2.45, 2.75) is 70.9 Å². The zero-order valence-electron chi connectivity index (χ0n) is 16.8. The molecule has 1 aliphatic carbocycles. The number of imidazole rings is 1. The van der Waals surface area contributed by atoms with Gasteiger partial charge in [0.05, 0.1) is 17.1 Å². The van der Waals surface area contributed by atoms with Crippen LogP contribution in [0.3, 0.4) is 0 Å². The summed E-state index contributed by atoms with van der Waals surface area (Å²) < 4.78 is 0. The first-order valence-corrected chi connectivity index (χ1v) is 10.5. The summed E-state index contributed by atoms with van der Waals surface area (Å²) in [5.41, 5.74) is 2.92. The molecule has 0 radical (unpaired) electrons. The van der Waals surface area contributed by atoms with Gasteiger partial charge < -0.3 is 10.3 Å². The van der Waals surface area contributed by atoms with Gasteiger partial charge in [-0.05, 0) is 69.3 Å². The minimum absolute atomic E-state index is 0.0923. The van der Waals surface area contributed by atoms with Crippen LogP contribution in [0.2, 0.25) is 0 Å². The van der Waals surface area contributed by atoms with Gasteiger partial charge in [0.1, 0.15) is 11.4 Å². The van der Waals surface area contributed by atoms with Crippen LogP contribution in [0.15, 0.2) is 18.2 Å². The van der Waals surface area contributed by atoms with E-state index in [1.807, 2.05) is 6.07 Å². The zero-order valence-corrected chi connectivity index (χ0v) is 16.8. The molecule has 0 spiro atoms. The molecule has 0 bridgehead atoms. The molecule has 2 heterocycles. The van der Waals surface area contributed by atoms with E-state index in [1.54, 1.807) is 0 Å². The van der Waals surface area contributed by atoms with Crippen molar-refractivity contribution in [2.75, 3.05) is 13.1 Å². The second-order valence-electron chi connectivity index (χ2n) is 8.77. The molecule has 1 atom stereocenters. The quantitative estimate of drug-likeness (QED) is 0.835. The number of rotatable bonds is 5. The first-order chi connectivity index (χ1) is 13.0. The Kier molecular flexibility index (Phi) is 4.97. The van der Waals surface area contributed by atoms with Gasteiger partial charge in [0.15, 0.2) is 0 Å². The third-order valence-corrected chi connectivity index (χ3v) is 6.47. The molecule has 146 valence electrons. The van der Waals surface area contributed by atoms with Crippen LogP contribution in [0.5, 0.6) is 0 Å². The molecule has 1 saturated heterocycles. The van der Waals surface area contributed by atoms with Gasteiger partial charge >= 0.3 is 0 Å². The Hall–Kier alpha value is -1.88. The second-order valence-corrected chi connectivity index (χ2v) is 8.77. The lowest BCUT2D eigenvalue weighted by molar-refractivity contribution is -0.134. The Labute approximate surface area is 161 Å². The number of aryl methyl sites for hydroxylation is 1. The average molecular weight is 369 g/mol. The molecule has 27 heavy (non-hydrogen) atoms. The molecule has 1 aliphatic heterocycles. The summed E-state index contributed by atoms with van der Waals surface area (Å²) in [7, 11) is 0. The highest BCUT2D eigenvalue weighted by Crippen LogP contribution is 2.38. The number of carbonyl (C=O) groups is 1. The van der Waals surface area contributed by atoms with Crippen LogP contribution in [0.4, 0.5) is 0 Å². The summed E-state index contributed by atoms with van der Waals surface area (Å²) in [6, 6.07) is 6.15. The molecule has 1 saturated carbocycles. The van der Waals surface area contributed by atoms with Crippen LogP contribution >= 0.6 is 0 Å². The molecule has 2 N–H and O–H groups in total. The Morgan fingerprint density at radius 2 is 1.89 bits per heavy atom. The fourth-order valence-electron chi connectivity index (χ4n) is 4.91. The molecule has 1 aromatic carbocycles. The van der Waals surface area contributed by atoms with E-state index in [0.717, 1.165) is 55.6 Å². The number of fused-ring (bicyclic) bond motifs is 1. The highest BCUT2D eigenvalue weighted by atomic mass is 16.2. The molecule has 1 amide bonds. The van der Waals surface area contributed by atoms with Gasteiger partial charge in [0.2, 0.25) is 5.91 Å². The minimum atomic E-state index is -0.299. The van der Waals surface area contributed by atoms with E-state index in [0.29, 0.717) is 0 Å². The van der Waals surface area contributed by atoms with E-state index in [-0.39, 0.29) is 23.4 Å². The maximum absolute atomic E-state index is 13.5. The topological polar surface area (TPSA) is 61.0 Å². The number of likely N-dealkylation sites (tertiary alicyclic amines) is 1. The van der Waals surface area contributed by atoms with E-state index >= 15 is 0 Å². The molecule has 5 nitrogen and oxygen atoms in total. The van der Waals surface area contributed by atoms with Gasteiger partial charge in [-0.2, -0.15) is 0 Å². The molecule has 1 aromatic heterocycles. The van der Waals surface area contributed by atoms with Crippen LogP contribution in [0, 0.1) is 12.8 Å². The first-order valence-electron chi connectivity index (χ1n) is 10.5. The van der Waals surface area contributed by atoms with Gasteiger partial charge in [0.25, 0.3) is 0 Å². The Balaban J connectivity index is 1.61. The van der Waals surface area contributed by atoms with Crippen LogP contribution in [-0.2, 0) is 4.79 Å². The number of nitrogens with one attached hydrogen (secondary N) is 2. The minimum Gasteiger partial charge on any atom is -0.344 e. The summed E-state index contributed by atoms with van der Waals surface area (Å²) in [4.78, 5) is 24.2. The number of amides is 1. The third kappa shape index (κ3) is 3.38. The van der Waals surface area contributed by atoms with Crippen LogP contribution in [-0.4, -0.2) is 39.4 Å². The van der Waals surface area contributed by atoms with Crippen molar-refractivity contribution in [3.8, 4) is 0 Å². The van der Waals surface area contributed by atoms with E-state index in [1.165, 1.54) is 18.4 Å². The molecular weight excluding hydrogens is 336 g/mol. The first kappa shape index (κ1) is 18.5. The molecule has 2 fully saturated rings. The number of nitrogens with zero attached hydrogens (tertiary/aromatic N) is 2. The van der Waals surface area contributed by atoms with Gasteiger partial charge in [-0.15, -0.1) is 0 Å². The highest BCUT2D eigenvalue weighted by Gasteiger charge is 2.47. The van der Waals surface area contributed by atoms with Crippen LogP contribution in [0.25, 0.3) is 11.0 Å². The second kappa shape index (κ2) is 7.27. The fraction of sp³-hybridized carbons (Fsp3) is 0.636. The van der Waals surface area contributed by atoms with Crippen molar-refractivity contribution in [1.29, 1.82) is 0 Å². The van der Waals surface area contributed by atoms with Crippen molar-refractivity contribution in [2.24, 2.45) is 5.92 Å². The summed E-state index contributed by atoms with van der Waals surface area (Å²) in [5.74, 6) is 1.35. The highest BCUT2D eigenvalue weighted by molar-refractivity contribution is 5.87. The summed E-state index contributed by atoms with van der Waals surface area (Å²) >= 11 is 0. The molecule has 1 unspecified atom stereocenters. The van der Waals surface area contributed by atoms with Crippen LogP contribution in [0.1, 0.15) is 69.8 Å². The maximum Gasteiger partial charge on any atom is 0.241 e. The zero-order chi connectivity index (χ0) is 19.0. The predicted molar refractivity (Wildman–Crippen MR) is 109 cm³/mol. The van der Waals surface area contributed by atoms with Gasteiger partial charge in [-0.3, -0.25) is 9.69 Å². The number of hydrogen-bond acceptors (Lipinski definition) is 3. The lowest BCUT2D eigenvalue weighted by Crippen LogP contribution is -2.57. The number of H-pyrrole nitrogens is 1. The largest absolute Gasteiger partial charge is 0.344 e. The summed E-state index contributed by atoms with van der Waals surface area (Å²) in [5, 5.41) is 3.39. The lowest BCUT2D eigenvalue weighted by atomic mass is 9.92. The molecule has 2 aliphatic rings. The number of aromatic amines is 1. The van der Waals surface area contributed by atoms with Crippen molar-refractivity contribution in [3.05, 3.63) is 29.6 Å². The standard InChI is InChI=1S/C22H32N4O/c1-15(2)19(20-23-17-9-8-16(3)14-18(17)24-20)25-21(27)22(10-4-5-11-22)26-12-6-7-13-26/h8-9,14-15,19H,4-7,10-13H2,1-3H3,(H,23,24)(H,25,27). The molecule has 5 heteroatoms. The summed E-state index contributed by atoms with van der Waals surface area (Å²) in [6.45, 7) is 8.51. The van der Waals surface area contributed by atoms with Crippen LogP contribution < -0.4 is 5.32 Å². The summed E-state index contributed by atoms with van der Waals surface area (Å²) in [6.07, 6.45) is 6.71. The van der Waals surface area contributed by atoms with Gasteiger partial charge in [-0.25, -0.2) is 4.98 Å². The van der Waals surface area contributed by atoms with Gasteiger partial charge in [-0.1, -0.05) is 32.8 Å².